The first-order chi connectivity index (χ1) is 8.49. The van der Waals surface area contributed by atoms with Gasteiger partial charge in [0.15, 0.2) is 0 Å². The van der Waals surface area contributed by atoms with Gasteiger partial charge in [0, 0.05) is 19.8 Å². The number of hydrogen-bond donors (Lipinski definition) is 1. The first-order valence-corrected chi connectivity index (χ1v) is 6.79. The normalized spacial score (nSPS) is 16.3. The Morgan fingerprint density at radius 3 is 2.44 bits per heavy atom. The molecule has 18 heavy (non-hydrogen) atoms. The molecule has 0 bridgehead atoms. The van der Waals surface area contributed by atoms with E-state index >= 15 is 0 Å². The molecule has 2 unspecified atom stereocenters. The molecule has 4 heteroatoms. The Bertz CT molecular complexity index is 251. The zero-order valence-corrected chi connectivity index (χ0v) is 12.5. The molecule has 0 aliphatic carbocycles. The fourth-order valence-electron chi connectivity index (χ4n) is 2.01. The SMILES string of the molecule is CCC(C#N)(CCCOC(C)COC)NC(C)C. The predicted octanol–water partition coefficient (Wildman–Crippen LogP) is 2.49. The fraction of sp³-hybridized carbons (Fsp3) is 0.929. The maximum absolute atomic E-state index is 9.34. The molecule has 2 atom stereocenters. The van der Waals surface area contributed by atoms with Crippen LogP contribution in [0.1, 0.15) is 47.0 Å². The lowest BCUT2D eigenvalue weighted by Gasteiger charge is -2.29. The van der Waals surface area contributed by atoms with Gasteiger partial charge in [-0.15, -0.1) is 0 Å². The molecule has 0 amide bonds. The number of nitrogens with zero attached hydrogens (tertiary/aromatic N) is 1. The molecule has 4 nitrogen and oxygen atoms in total. The molecule has 0 aromatic rings. The molecule has 0 aliphatic heterocycles. The maximum Gasteiger partial charge on any atom is 0.106 e. The smallest absolute Gasteiger partial charge is 0.106 e. The Balaban J connectivity index is 4.02. The van der Waals surface area contributed by atoms with E-state index in [4.69, 9.17) is 9.47 Å². The number of nitrogens with one attached hydrogen (secondary N) is 1. The lowest BCUT2D eigenvalue weighted by atomic mass is 9.91. The second kappa shape index (κ2) is 9.32. The largest absolute Gasteiger partial charge is 0.382 e. The van der Waals surface area contributed by atoms with Gasteiger partial charge < -0.3 is 9.47 Å². The van der Waals surface area contributed by atoms with Gasteiger partial charge in [-0.05, 0) is 40.0 Å². The Morgan fingerprint density at radius 1 is 1.33 bits per heavy atom. The molecule has 0 fully saturated rings. The predicted molar refractivity (Wildman–Crippen MR) is 73.4 cm³/mol. The summed E-state index contributed by atoms with van der Waals surface area (Å²) in [7, 11) is 1.67. The molecule has 0 aliphatic rings. The molecule has 0 heterocycles. The molecule has 0 rings (SSSR count). The second-order valence-corrected chi connectivity index (χ2v) is 5.09. The van der Waals surface area contributed by atoms with Gasteiger partial charge in [-0.1, -0.05) is 6.92 Å². The van der Waals surface area contributed by atoms with E-state index in [0.29, 0.717) is 19.3 Å². The molecule has 0 saturated heterocycles. The summed E-state index contributed by atoms with van der Waals surface area (Å²) in [5.74, 6) is 0. The lowest BCUT2D eigenvalue weighted by Crippen LogP contribution is -2.47. The van der Waals surface area contributed by atoms with Crippen LogP contribution in [0, 0.1) is 11.3 Å². The van der Waals surface area contributed by atoms with Gasteiger partial charge in [-0.2, -0.15) is 5.26 Å². The molecule has 0 radical (unpaired) electrons. The van der Waals surface area contributed by atoms with E-state index in [0.717, 1.165) is 19.3 Å². The van der Waals surface area contributed by atoms with E-state index in [2.05, 4.69) is 25.2 Å². The van der Waals surface area contributed by atoms with Gasteiger partial charge >= 0.3 is 0 Å². The van der Waals surface area contributed by atoms with Crippen LogP contribution < -0.4 is 5.32 Å². The van der Waals surface area contributed by atoms with Crippen molar-refractivity contribution in [1.82, 2.24) is 5.32 Å². The van der Waals surface area contributed by atoms with Crippen molar-refractivity contribution >= 4 is 0 Å². The Hall–Kier alpha value is -0.630. The topological polar surface area (TPSA) is 54.3 Å². The minimum atomic E-state index is -0.415. The van der Waals surface area contributed by atoms with Crippen LogP contribution >= 0.6 is 0 Å². The van der Waals surface area contributed by atoms with Crippen molar-refractivity contribution < 1.29 is 9.47 Å². The molecular weight excluding hydrogens is 228 g/mol. The van der Waals surface area contributed by atoms with Gasteiger partial charge in [0.2, 0.25) is 0 Å². The highest BCUT2D eigenvalue weighted by atomic mass is 16.5. The average molecular weight is 256 g/mol. The van der Waals surface area contributed by atoms with Crippen molar-refractivity contribution in [2.75, 3.05) is 20.3 Å². The Morgan fingerprint density at radius 2 is 2.00 bits per heavy atom. The number of rotatable bonds is 10. The summed E-state index contributed by atoms with van der Waals surface area (Å²) < 4.78 is 10.6. The molecule has 0 aromatic carbocycles. The summed E-state index contributed by atoms with van der Waals surface area (Å²) in [4.78, 5) is 0. The third-order valence-corrected chi connectivity index (χ3v) is 2.93. The Kier molecular flexibility index (Phi) is 8.99. The highest BCUT2D eigenvalue weighted by Gasteiger charge is 2.27. The molecule has 0 saturated carbocycles. The van der Waals surface area contributed by atoms with E-state index < -0.39 is 5.54 Å². The van der Waals surface area contributed by atoms with Crippen LogP contribution in [0.3, 0.4) is 0 Å². The second-order valence-electron chi connectivity index (χ2n) is 5.09. The molecule has 0 spiro atoms. The van der Waals surface area contributed by atoms with Crippen LogP contribution in [0.15, 0.2) is 0 Å². The molecule has 1 N–H and O–H groups in total. The van der Waals surface area contributed by atoms with Gasteiger partial charge in [-0.25, -0.2) is 0 Å². The summed E-state index contributed by atoms with van der Waals surface area (Å²) in [6, 6.07) is 2.74. The van der Waals surface area contributed by atoms with E-state index in [1.807, 2.05) is 13.8 Å². The Labute approximate surface area is 112 Å². The van der Waals surface area contributed by atoms with Crippen molar-refractivity contribution in [3.8, 4) is 6.07 Å². The number of hydrogen-bond acceptors (Lipinski definition) is 4. The third kappa shape index (κ3) is 6.95. The summed E-state index contributed by atoms with van der Waals surface area (Å²) in [6.07, 6.45) is 2.63. The molecule has 0 aromatic heterocycles. The van der Waals surface area contributed by atoms with Gasteiger partial charge in [0.25, 0.3) is 0 Å². The van der Waals surface area contributed by atoms with E-state index in [9.17, 15) is 5.26 Å². The van der Waals surface area contributed by atoms with Crippen molar-refractivity contribution in [2.45, 2.75) is 64.6 Å². The minimum Gasteiger partial charge on any atom is -0.382 e. The number of nitriles is 1. The first-order valence-electron chi connectivity index (χ1n) is 6.79. The average Bonchev–Trinajstić information content (AvgIpc) is 2.33. The van der Waals surface area contributed by atoms with Crippen LogP contribution in [0.2, 0.25) is 0 Å². The van der Waals surface area contributed by atoms with Crippen molar-refractivity contribution in [2.24, 2.45) is 0 Å². The van der Waals surface area contributed by atoms with Gasteiger partial charge in [-0.3, -0.25) is 5.32 Å². The van der Waals surface area contributed by atoms with Crippen LogP contribution in [-0.4, -0.2) is 38.0 Å². The maximum atomic E-state index is 9.34. The monoisotopic (exact) mass is 256 g/mol. The highest BCUT2D eigenvalue weighted by molar-refractivity contribution is 5.06. The zero-order chi connectivity index (χ0) is 14.0. The fourth-order valence-corrected chi connectivity index (χ4v) is 2.01. The third-order valence-electron chi connectivity index (χ3n) is 2.93. The summed E-state index contributed by atoms with van der Waals surface area (Å²) in [6.45, 7) is 9.47. The van der Waals surface area contributed by atoms with Gasteiger partial charge in [0.05, 0.1) is 18.8 Å². The van der Waals surface area contributed by atoms with Crippen LogP contribution in [0.5, 0.6) is 0 Å². The van der Waals surface area contributed by atoms with Gasteiger partial charge in [0.1, 0.15) is 5.54 Å². The van der Waals surface area contributed by atoms with Crippen molar-refractivity contribution in [3.05, 3.63) is 0 Å². The van der Waals surface area contributed by atoms with Crippen molar-refractivity contribution in [1.29, 1.82) is 5.26 Å². The van der Waals surface area contributed by atoms with Crippen LogP contribution in [0.4, 0.5) is 0 Å². The van der Waals surface area contributed by atoms with Crippen molar-refractivity contribution in [3.63, 3.8) is 0 Å². The standard InChI is InChI=1S/C14H28N2O2/c1-6-14(11-15,16-12(2)3)8-7-9-18-13(4)10-17-5/h12-13,16H,6-10H2,1-5H3. The summed E-state index contributed by atoms with van der Waals surface area (Å²) in [5, 5.41) is 12.7. The summed E-state index contributed by atoms with van der Waals surface area (Å²) >= 11 is 0. The first kappa shape index (κ1) is 17.4. The quantitative estimate of drug-likeness (QED) is 0.610. The molecule has 106 valence electrons. The zero-order valence-electron chi connectivity index (χ0n) is 12.5. The van der Waals surface area contributed by atoms with E-state index in [1.165, 1.54) is 0 Å². The van der Waals surface area contributed by atoms with E-state index in [-0.39, 0.29) is 6.10 Å². The van der Waals surface area contributed by atoms with Crippen LogP contribution in [0.25, 0.3) is 0 Å². The number of methoxy groups -OCH3 is 1. The molecular formula is C14H28N2O2. The minimum absolute atomic E-state index is 0.117. The lowest BCUT2D eigenvalue weighted by molar-refractivity contribution is 0.00624. The van der Waals surface area contributed by atoms with E-state index in [1.54, 1.807) is 7.11 Å². The highest BCUT2D eigenvalue weighted by Crippen LogP contribution is 2.17. The van der Waals surface area contributed by atoms with Crippen LogP contribution in [-0.2, 0) is 9.47 Å². The summed E-state index contributed by atoms with van der Waals surface area (Å²) in [5.41, 5.74) is -0.415. The number of ether oxygens (including phenoxy) is 2.